The maximum absolute atomic E-state index is 12.2. The fourth-order valence-electron chi connectivity index (χ4n) is 2.50. The van der Waals surface area contributed by atoms with E-state index in [1.165, 1.54) is 0 Å². The maximum Gasteiger partial charge on any atom is 0.243 e. The van der Waals surface area contributed by atoms with Crippen LogP contribution in [0.1, 0.15) is 40.5 Å². The van der Waals surface area contributed by atoms with Crippen LogP contribution in [0.5, 0.6) is 0 Å². The molecule has 0 aliphatic heterocycles. The van der Waals surface area contributed by atoms with E-state index in [0.29, 0.717) is 17.8 Å². The van der Waals surface area contributed by atoms with E-state index in [-0.39, 0.29) is 24.3 Å². The van der Waals surface area contributed by atoms with Gasteiger partial charge in [-0.3, -0.25) is 14.4 Å². The molecule has 30 heavy (non-hydrogen) atoms. The van der Waals surface area contributed by atoms with Crippen molar-refractivity contribution < 1.29 is 14.4 Å². The quantitative estimate of drug-likeness (QED) is 0.516. The predicted molar refractivity (Wildman–Crippen MR) is 122 cm³/mol. The van der Waals surface area contributed by atoms with Crippen molar-refractivity contribution in [3.8, 4) is 0 Å². The Labute approximate surface area is 177 Å². The molecule has 0 radical (unpaired) electrons. The molecule has 0 unspecified atom stereocenters. The first-order valence-corrected chi connectivity index (χ1v) is 10.0. The van der Waals surface area contributed by atoms with E-state index in [1.807, 2.05) is 27.7 Å². The van der Waals surface area contributed by atoms with Crippen molar-refractivity contribution in [1.29, 1.82) is 0 Å². The molecule has 4 N–H and O–H groups in total. The standard InChI is InChI=1S/C23H30N4O3/c1-5-7-20(28)25-17-12-10-16(11-13-17)24-15-21(29)26-18-8-6-9-19(14-18)27-22(30)23(2,3)4/h6,8-14,24H,5,7,15H2,1-4H3,(H,25,28)(H,26,29)(H,27,30). The molecule has 0 atom stereocenters. The molecule has 0 fully saturated rings. The van der Waals surface area contributed by atoms with Gasteiger partial charge in [-0.1, -0.05) is 33.8 Å². The summed E-state index contributed by atoms with van der Waals surface area (Å²) in [6, 6.07) is 14.2. The first-order valence-electron chi connectivity index (χ1n) is 10.0. The van der Waals surface area contributed by atoms with Gasteiger partial charge in [-0.05, 0) is 48.9 Å². The summed E-state index contributed by atoms with van der Waals surface area (Å²) in [7, 11) is 0. The predicted octanol–water partition coefficient (Wildman–Crippen LogP) is 4.46. The van der Waals surface area contributed by atoms with Gasteiger partial charge in [-0.15, -0.1) is 0 Å². The number of benzene rings is 2. The van der Waals surface area contributed by atoms with Crippen LogP contribution in [0.3, 0.4) is 0 Å². The lowest BCUT2D eigenvalue weighted by Crippen LogP contribution is -2.27. The summed E-state index contributed by atoms with van der Waals surface area (Å²) >= 11 is 0. The summed E-state index contributed by atoms with van der Waals surface area (Å²) in [5, 5.41) is 11.5. The van der Waals surface area contributed by atoms with Crippen LogP contribution >= 0.6 is 0 Å². The molecule has 160 valence electrons. The van der Waals surface area contributed by atoms with Crippen molar-refractivity contribution in [3.63, 3.8) is 0 Å². The molecule has 7 heteroatoms. The molecule has 0 saturated heterocycles. The Morgan fingerprint density at radius 1 is 0.767 bits per heavy atom. The van der Waals surface area contributed by atoms with Crippen molar-refractivity contribution in [3.05, 3.63) is 48.5 Å². The van der Waals surface area contributed by atoms with Gasteiger partial charge in [0, 0.05) is 34.6 Å². The summed E-state index contributed by atoms with van der Waals surface area (Å²) in [5.74, 6) is -0.324. The molecule has 7 nitrogen and oxygen atoms in total. The average Bonchev–Trinajstić information content (AvgIpc) is 2.67. The maximum atomic E-state index is 12.2. The first-order chi connectivity index (χ1) is 14.2. The minimum absolute atomic E-state index is 0.0153. The van der Waals surface area contributed by atoms with Crippen molar-refractivity contribution in [2.45, 2.75) is 40.5 Å². The molecular formula is C23H30N4O3. The smallest absolute Gasteiger partial charge is 0.243 e. The topological polar surface area (TPSA) is 99.3 Å². The molecule has 0 aromatic heterocycles. The van der Waals surface area contributed by atoms with Crippen LogP contribution in [0.2, 0.25) is 0 Å². The fraction of sp³-hybridized carbons (Fsp3) is 0.348. The third-order valence-electron chi connectivity index (χ3n) is 4.18. The molecule has 0 heterocycles. The molecule has 2 aromatic carbocycles. The van der Waals surface area contributed by atoms with Crippen LogP contribution in [0.15, 0.2) is 48.5 Å². The summed E-state index contributed by atoms with van der Waals surface area (Å²) in [6.45, 7) is 7.55. The van der Waals surface area contributed by atoms with Gasteiger partial charge in [-0.2, -0.15) is 0 Å². The lowest BCUT2D eigenvalue weighted by molar-refractivity contribution is -0.123. The van der Waals surface area contributed by atoms with Gasteiger partial charge < -0.3 is 21.3 Å². The van der Waals surface area contributed by atoms with Crippen LogP contribution in [-0.4, -0.2) is 24.3 Å². The van der Waals surface area contributed by atoms with Crippen LogP contribution in [0, 0.1) is 5.41 Å². The SMILES string of the molecule is CCCC(=O)Nc1ccc(NCC(=O)Nc2cccc(NC(=O)C(C)(C)C)c2)cc1. The zero-order chi connectivity index (χ0) is 22.1. The number of hydrogen-bond donors (Lipinski definition) is 4. The fourth-order valence-corrected chi connectivity index (χ4v) is 2.50. The monoisotopic (exact) mass is 410 g/mol. The Bertz CT molecular complexity index is 886. The van der Waals surface area contributed by atoms with Gasteiger partial charge in [0.1, 0.15) is 0 Å². The normalized spacial score (nSPS) is 10.8. The van der Waals surface area contributed by atoms with Gasteiger partial charge >= 0.3 is 0 Å². The molecular weight excluding hydrogens is 380 g/mol. The molecule has 0 saturated carbocycles. The molecule has 0 aliphatic carbocycles. The Hall–Kier alpha value is -3.35. The van der Waals surface area contributed by atoms with Gasteiger partial charge in [0.05, 0.1) is 6.54 Å². The Balaban J connectivity index is 1.85. The van der Waals surface area contributed by atoms with Gasteiger partial charge in [0.2, 0.25) is 17.7 Å². The van der Waals surface area contributed by atoms with E-state index in [1.54, 1.807) is 48.5 Å². The Kier molecular flexibility index (Phi) is 7.98. The van der Waals surface area contributed by atoms with E-state index in [0.717, 1.165) is 17.8 Å². The second-order valence-corrected chi connectivity index (χ2v) is 8.06. The summed E-state index contributed by atoms with van der Waals surface area (Å²) in [4.78, 5) is 36.0. The highest BCUT2D eigenvalue weighted by molar-refractivity contribution is 5.97. The number of amides is 3. The lowest BCUT2D eigenvalue weighted by Gasteiger charge is -2.18. The van der Waals surface area contributed by atoms with E-state index in [4.69, 9.17) is 0 Å². The Morgan fingerprint density at radius 2 is 1.33 bits per heavy atom. The van der Waals surface area contributed by atoms with Crippen molar-refractivity contribution in [1.82, 2.24) is 0 Å². The van der Waals surface area contributed by atoms with Gasteiger partial charge in [0.25, 0.3) is 0 Å². The van der Waals surface area contributed by atoms with E-state index >= 15 is 0 Å². The summed E-state index contributed by atoms with van der Waals surface area (Å²) in [5.41, 5.74) is 2.21. The second-order valence-electron chi connectivity index (χ2n) is 8.06. The number of nitrogens with one attached hydrogen (secondary N) is 4. The van der Waals surface area contributed by atoms with Crippen molar-refractivity contribution in [2.75, 3.05) is 27.8 Å². The summed E-state index contributed by atoms with van der Waals surface area (Å²) < 4.78 is 0. The zero-order valence-electron chi connectivity index (χ0n) is 18.0. The minimum atomic E-state index is -0.502. The van der Waals surface area contributed by atoms with E-state index in [2.05, 4.69) is 21.3 Å². The number of carbonyl (C=O) groups excluding carboxylic acids is 3. The van der Waals surface area contributed by atoms with E-state index in [9.17, 15) is 14.4 Å². The van der Waals surface area contributed by atoms with Crippen LogP contribution in [-0.2, 0) is 14.4 Å². The van der Waals surface area contributed by atoms with Gasteiger partial charge in [0.15, 0.2) is 0 Å². The van der Waals surface area contributed by atoms with Gasteiger partial charge in [-0.25, -0.2) is 0 Å². The average molecular weight is 411 g/mol. The highest BCUT2D eigenvalue weighted by Gasteiger charge is 2.21. The second kappa shape index (κ2) is 10.4. The minimum Gasteiger partial charge on any atom is -0.376 e. The Morgan fingerprint density at radius 3 is 1.93 bits per heavy atom. The van der Waals surface area contributed by atoms with Crippen molar-refractivity contribution in [2.24, 2.45) is 5.41 Å². The molecule has 2 rings (SSSR count). The third-order valence-corrected chi connectivity index (χ3v) is 4.18. The first kappa shape index (κ1) is 22.9. The number of anilines is 4. The number of carbonyl (C=O) groups is 3. The zero-order valence-corrected chi connectivity index (χ0v) is 18.0. The highest BCUT2D eigenvalue weighted by atomic mass is 16.2. The molecule has 0 spiro atoms. The largest absolute Gasteiger partial charge is 0.376 e. The molecule has 3 amide bonds. The van der Waals surface area contributed by atoms with Crippen LogP contribution in [0.4, 0.5) is 22.7 Å². The van der Waals surface area contributed by atoms with Crippen LogP contribution in [0.25, 0.3) is 0 Å². The van der Waals surface area contributed by atoms with Crippen molar-refractivity contribution >= 4 is 40.5 Å². The molecule has 0 aliphatic rings. The highest BCUT2D eigenvalue weighted by Crippen LogP contribution is 2.20. The number of hydrogen-bond acceptors (Lipinski definition) is 4. The molecule has 0 bridgehead atoms. The number of rotatable bonds is 8. The molecule has 2 aromatic rings. The van der Waals surface area contributed by atoms with E-state index < -0.39 is 5.41 Å². The third kappa shape index (κ3) is 7.58. The summed E-state index contributed by atoms with van der Waals surface area (Å²) in [6.07, 6.45) is 1.29. The van der Waals surface area contributed by atoms with Crippen LogP contribution < -0.4 is 21.3 Å². The lowest BCUT2D eigenvalue weighted by atomic mass is 9.95.